The van der Waals surface area contributed by atoms with Crippen LogP contribution in [-0.2, 0) is 11.2 Å². The molecule has 0 bridgehead atoms. The average Bonchev–Trinajstić information content (AvgIpc) is 3.37. The normalized spacial score (nSPS) is 24.6. The second-order valence-electron chi connectivity index (χ2n) is 6.48. The highest BCUT2D eigenvalue weighted by molar-refractivity contribution is 5.86. The fourth-order valence-electron chi connectivity index (χ4n) is 3.86. The van der Waals surface area contributed by atoms with Crippen LogP contribution in [0, 0.1) is 11.8 Å². The zero-order chi connectivity index (χ0) is 16.4. The molecule has 3 unspecified atom stereocenters. The zero-order valence-electron chi connectivity index (χ0n) is 13.4. The van der Waals surface area contributed by atoms with Crippen molar-refractivity contribution in [1.29, 1.82) is 0 Å². The summed E-state index contributed by atoms with van der Waals surface area (Å²) in [5.74, 6) is 1.02. The highest BCUT2D eigenvalue weighted by Gasteiger charge is 2.56. The lowest BCUT2D eigenvalue weighted by Crippen LogP contribution is -2.20. The number of hydrazone groups is 1. The predicted molar refractivity (Wildman–Crippen MR) is 96.6 cm³/mol. The van der Waals surface area contributed by atoms with Crippen LogP contribution in [0.15, 0.2) is 65.8 Å². The van der Waals surface area contributed by atoms with E-state index in [0.717, 1.165) is 18.4 Å². The highest BCUT2D eigenvalue weighted by atomic mass is 16.2. The minimum absolute atomic E-state index is 0.0473. The van der Waals surface area contributed by atoms with Gasteiger partial charge in [-0.2, -0.15) is 5.10 Å². The number of allylic oxidation sites excluding steroid dienone is 1. The second-order valence-corrected chi connectivity index (χ2v) is 6.48. The van der Waals surface area contributed by atoms with Gasteiger partial charge in [0.05, 0.1) is 5.92 Å². The minimum Gasteiger partial charge on any atom is -0.273 e. The molecule has 3 heteroatoms. The molecule has 0 heterocycles. The quantitative estimate of drug-likeness (QED) is 0.677. The van der Waals surface area contributed by atoms with Crippen LogP contribution >= 0.6 is 0 Å². The van der Waals surface area contributed by atoms with Gasteiger partial charge in [-0.1, -0.05) is 60.7 Å². The molecule has 2 aliphatic carbocycles. The minimum atomic E-state index is 0.0473. The van der Waals surface area contributed by atoms with Crippen molar-refractivity contribution >= 4 is 18.2 Å². The van der Waals surface area contributed by atoms with Gasteiger partial charge in [0.15, 0.2) is 0 Å². The van der Waals surface area contributed by atoms with Crippen LogP contribution in [0.25, 0.3) is 6.08 Å². The van der Waals surface area contributed by atoms with Crippen molar-refractivity contribution in [2.75, 3.05) is 0 Å². The van der Waals surface area contributed by atoms with Gasteiger partial charge in [0.2, 0.25) is 5.91 Å². The van der Waals surface area contributed by atoms with E-state index in [9.17, 15) is 4.79 Å². The fraction of sp³-hybridized carbons (Fsp3) is 0.238. The number of benzene rings is 2. The molecule has 0 spiro atoms. The Morgan fingerprint density at radius 1 is 1.08 bits per heavy atom. The van der Waals surface area contributed by atoms with E-state index in [1.807, 2.05) is 42.5 Å². The van der Waals surface area contributed by atoms with Gasteiger partial charge in [-0.3, -0.25) is 4.79 Å². The zero-order valence-corrected chi connectivity index (χ0v) is 13.4. The first-order chi connectivity index (χ1) is 11.8. The van der Waals surface area contributed by atoms with E-state index in [2.05, 4.69) is 34.8 Å². The SMILES string of the molecule is O=C(N/N=C/C=C/c1ccccc1)C1C2CCc3ccccc3C21. The van der Waals surface area contributed by atoms with Gasteiger partial charge in [0.1, 0.15) is 0 Å². The summed E-state index contributed by atoms with van der Waals surface area (Å²) in [4.78, 5) is 12.4. The van der Waals surface area contributed by atoms with E-state index in [-0.39, 0.29) is 11.8 Å². The number of hydrogen-bond donors (Lipinski definition) is 1. The Morgan fingerprint density at radius 2 is 1.88 bits per heavy atom. The Labute approximate surface area is 142 Å². The molecule has 2 aromatic rings. The number of aryl methyl sites for hydroxylation is 1. The van der Waals surface area contributed by atoms with Gasteiger partial charge in [0, 0.05) is 6.21 Å². The molecule has 3 atom stereocenters. The average molecular weight is 316 g/mol. The van der Waals surface area contributed by atoms with Crippen LogP contribution in [0.3, 0.4) is 0 Å². The monoisotopic (exact) mass is 316 g/mol. The maximum absolute atomic E-state index is 12.4. The molecule has 1 amide bonds. The van der Waals surface area contributed by atoms with Crippen molar-refractivity contribution in [3.63, 3.8) is 0 Å². The molecule has 1 fully saturated rings. The number of carbonyl (C=O) groups excluding carboxylic acids is 1. The second kappa shape index (κ2) is 6.44. The van der Waals surface area contributed by atoms with Crippen LogP contribution in [-0.4, -0.2) is 12.1 Å². The van der Waals surface area contributed by atoms with E-state index in [4.69, 9.17) is 0 Å². The van der Waals surface area contributed by atoms with Gasteiger partial charge < -0.3 is 0 Å². The number of carbonyl (C=O) groups is 1. The van der Waals surface area contributed by atoms with E-state index >= 15 is 0 Å². The molecule has 0 saturated heterocycles. The van der Waals surface area contributed by atoms with Crippen LogP contribution < -0.4 is 5.43 Å². The Bertz CT molecular complexity index is 794. The molecule has 2 aliphatic rings. The lowest BCUT2D eigenvalue weighted by Gasteiger charge is -2.13. The van der Waals surface area contributed by atoms with Crippen LogP contribution in [0.2, 0.25) is 0 Å². The lowest BCUT2D eigenvalue weighted by atomic mass is 9.92. The molecule has 2 aromatic carbocycles. The summed E-state index contributed by atoms with van der Waals surface area (Å²) in [5.41, 5.74) is 6.58. The van der Waals surface area contributed by atoms with E-state index in [0.29, 0.717) is 11.8 Å². The summed E-state index contributed by atoms with van der Waals surface area (Å²) >= 11 is 0. The predicted octanol–water partition coefficient (Wildman–Crippen LogP) is 3.78. The number of fused-ring (bicyclic) bond motifs is 3. The molecule has 1 saturated carbocycles. The number of nitrogens with zero attached hydrogens (tertiary/aromatic N) is 1. The molecule has 120 valence electrons. The van der Waals surface area contributed by atoms with Gasteiger partial charge in [-0.05, 0) is 47.4 Å². The lowest BCUT2D eigenvalue weighted by molar-refractivity contribution is -0.122. The molecular weight excluding hydrogens is 296 g/mol. The molecule has 0 aliphatic heterocycles. The van der Waals surface area contributed by atoms with Gasteiger partial charge in [-0.15, -0.1) is 0 Å². The Hall–Kier alpha value is -2.68. The number of rotatable bonds is 4. The van der Waals surface area contributed by atoms with Crippen LogP contribution in [0.5, 0.6) is 0 Å². The molecule has 1 N–H and O–H groups in total. The maximum Gasteiger partial charge on any atom is 0.244 e. The van der Waals surface area contributed by atoms with Gasteiger partial charge in [-0.25, -0.2) is 5.43 Å². The third-order valence-corrected chi connectivity index (χ3v) is 5.06. The summed E-state index contributed by atoms with van der Waals surface area (Å²) in [7, 11) is 0. The van der Waals surface area contributed by atoms with Crippen molar-refractivity contribution in [3.8, 4) is 0 Å². The molecule has 4 rings (SSSR count). The van der Waals surface area contributed by atoms with Crippen molar-refractivity contribution in [2.24, 2.45) is 16.9 Å². The summed E-state index contributed by atoms with van der Waals surface area (Å²) in [5, 5.41) is 4.05. The van der Waals surface area contributed by atoms with Crippen molar-refractivity contribution in [3.05, 3.63) is 77.4 Å². The summed E-state index contributed by atoms with van der Waals surface area (Å²) < 4.78 is 0. The number of nitrogens with one attached hydrogen (secondary N) is 1. The molecule has 0 aromatic heterocycles. The summed E-state index contributed by atoms with van der Waals surface area (Å²) in [6, 6.07) is 18.5. The van der Waals surface area contributed by atoms with E-state index in [1.54, 1.807) is 6.21 Å². The first-order valence-electron chi connectivity index (χ1n) is 8.47. The van der Waals surface area contributed by atoms with Crippen molar-refractivity contribution < 1.29 is 4.79 Å². The molecule has 3 nitrogen and oxygen atoms in total. The summed E-state index contributed by atoms with van der Waals surface area (Å²) in [6.45, 7) is 0. The third-order valence-electron chi connectivity index (χ3n) is 5.06. The highest BCUT2D eigenvalue weighted by Crippen LogP contribution is 2.59. The van der Waals surface area contributed by atoms with E-state index in [1.165, 1.54) is 11.1 Å². The van der Waals surface area contributed by atoms with Gasteiger partial charge in [0.25, 0.3) is 0 Å². The standard InChI is InChI=1S/C21H20N2O/c24-21(23-22-14-6-9-15-7-2-1-3-8-15)20-18-13-12-16-10-4-5-11-17(16)19(18)20/h1-11,14,18-20H,12-13H2,(H,23,24)/b9-6+,22-14+. The van der Waals surface area contributed by atoms with Gasteiger partial charge >= 0.3 is 0 Å². The first-order valence-corrected chi connectivity index (χ1v) is 8.47. The Morgan fingerprint density at radius 3 is 2.75 bits per heavy atom. The van der Waals surface area contributed by atoms with Crippen LogP contribution in [0.4, 0.5) is 0 Å². The molecule has 0 radical (unpaired) electrons. The fourth-order valence-corrected chi connectivity index (χ4v) is 3.86. The topological polar surface area (TPSA) is 41.5 Å². The van der Waals surface area contributed by atoms with Crippen molar-refractivity contribution in [1.82, 2.24) is 5.43 Å². The molecule has 24 heavy (non-hydrogen) atoms. The third kappa shape index (κ3) is 2.90. The van der Waals surface area contributed by atoms with E-state index < -0.39 is 0 Å². The Kier molecular flexibility index (Phi) is 3.99. The summed E-state index contributed by atoms with van der Waals surface area (Å²) in [6.07, 6.45) is 7.63. The van der Waals surface area contributed by atoms with Crippen molar-refractivity contribution in [2.45, 2.75) is 18.8 Å². The van der Waals surface area contributed by atoms with Crippen LogP contribution in [0.1, 0.15) is 29.0 Å². The maximum atomic E-state index is 12.4. The first kappa shape index (κ1) is 14.9. The number of amides is 1. The number of hydrogen-bond acceptors (Lipinski definition) is 2. The Balaban J connectivity index is 1.34. The smallest absolute Gasteiger partial charge is 0.244 e. The molecular formula is C21H20N2O. The largest absolute Gasteiger partial charge is 0.273 e.